The fourth-order valence-electron chi connectivity index (χ4n) is 2.33. The van der Waals surface area contributed by atoms with Crippen molar-refractivity contribution in [3.8, 4) is 5.75 Å². The zero-order valence-electron chi connectivity index (χ0n) is 12.2. The lowest BCUT2D eigenvalue weighted by molar-refractivity contribution is 0.397. The molecule has 21 heavy (non-hydrogen) atoms. The Morgan fingerprint density at radius 2 is 2.24 bits per heavy atom. The number of nitrogens with one attached hydrogen (secondary N) is 1. The van der Waals surface area contributed by atoms with Gasteiger partial charge in [-0.05, 0) is 19.1 Å². The van der Waals surface area contributed by atoms with Gasteiger partial charge >= 0.3 is 0 Å². The highest BCUT2D eigenvalue weighted by Crippen LogP contribution is 2.32. The Labute approximate surface area is 137 Å². The minimum absolute atomic E-state index is 0.125. The average Bonchev–Trinajstić information content (AvgIpc) is 2.70. The van der Waals surface area contributed by atoms with Crippen LogP contribution in [0.5, 0.6) is 5.75 Å². The molecule has 2 aromatic rings. The topological polar surface area (TPSA) is 65.1 Å². The van der Waals surface area contributed by atoms with Gasteiger partial charge in [-0.1, -0.05) is 33.6 Å². The van der Waals surface area contributed by atoms with E-state index in [4.69, 9.17) is 22.2 Å². The van der Waals surface area contributed by atoms with Gasteiger partial charge in [0.15, 0.2) is 0 Å². The number of rotatable bonds is 5. The number of hydrazine groups is 1. The summed E-state index contributed by atoms with van der Waals surface area (Å²) in [5, 5.41) is 5.00. The highest BCUT2D eigenvalue weighted by molar-refractivity contribution is 9.10. The Kier molecular flexibility index (Phi) is 5.27. The van der Waals surface area contributed by atoms with Gasteiger partial charge in [-0.15, -0.1) is 0 Å². The van der Waals surface area contributed by atoms with E-state index in [1.807, 2.05) is 32.2 Å². The van der Waals surface area contributed by atoms with Crippen LogP contribution < -0.4 is 16.0 Å². The van der Waals surface area contributed by atoms with E-state index in [0.29, 0.717) is 11.4 Å². The maximum absolute atomic E-state index is 6.31. The SMILES string of the molecule is COc1cc(Br)ccc1C(Cc1c(Cl)c(C)nn1C)NN. The number of aromatic nitrogens is 2. The summed E-state index contributed by atoms with van der Waals surface area (Å²) in [5.41, 5.74) is 5.55. The maximum atomic E-state index is 6.31. The summed E-state index contributed by atoms with van der Waals surface area (Å²) >= 11 is 9.75. The summed E-state index contributed by atoms with van der Waals surface area (Å²) in [6, 6.07) is 5.72. The molecule has 2 rings (SSSR count). The Bertz CT molecular complexity index is 644. The van der Waals surface area contributed by atoms with E-state index in [9.17, 15) is 0 Å². The number of hydrogen-bond donors (Lipinski definition) is 2. The fourth-order valence-corrected chi connectivity index (χ4v) is 2.90. The molecule has 0 saturated carbocycles. The van der Waals surface area contributed by atoms with Crippen molar-refractivity contribution < 1.29 is 4.74 Å². The zero-order valence-corrected chi connectivity index (χ0v) is 14.5. The molecule has 1 atom stereocenters. The number of hydrogen-bond acceptors (Lipinski definition) is 4. The van der Waals surface area contributed by atoms with Crippen molar-refractivity contribution in [1.29, 1.82) is 0 Å². The molecular weight excluding hydrogens is 356 g/mol. The van der Waals surface area contributed by atoms with Crippen molar-refractivity contribution in [3.63, 3.8) is 0 Å². The van der Waals surface area contributed by atoms with Gasteiger partial charge in [0.05, 0.1) is 29.6 Å². The number of nitrogens with zero attached hydrogens (tertiary/aromatic N) is 2. The van der Waals surface area contributed by atoms with Crippen molar-refractivity contribution in [3.05, 3.63) is 44.6 Å². The van der Waals surface area contributed by atoms with Crippen molar-refractivity contribution in [2.45, 2.75) is 19.4 Å². The lowest BCUT2D eigenvalue weighted by Crippen LogP contribution is -2.30. The van der Waals surface area contributed by atoms with Crippen LogP contribution in [0.15, 0.2) is 22.7 Å². The average molecular weight is 374 g/mol. The fraction of sp³-hybridized carbons (Fsp3) is 0.357. The van der Waals surface area contributed by atoms with Gasteiger partial charge in [0.1, 0.15) is 5.75 Å². The van der Waals surface area contributed by atoms with Crippen molar-refractivity contribution in [2.24, 2.45) is 12.9 Å². The lowest BCUT2D eigenvalue weighted by atomic mass is 10.0. The van der Waals surface area contributed by atoms with Crippen molar-refractivity contribution in [2.75, 3.05) is 7.11 Å². The third-order valence-corrected chi connectivity index (χ3v) is 4.42. The predicted octanol–water partition coefficient (Wildman–Crippen LogP) is 2.90. The minimum Gasteiger partial charge on any atom is -0.496 e. The van der Waals surface area contributed by atoms with Gasteiger partial charge in [-0.2, -0.15) is 5.10 Å². The first-order valence-corrected chi connectivity index (χ1v) is 7.62. The largest absolute Gasteiger partial charge is 0.496 e. The summed E-state index contributed by atoms with van der Waals surface area (Å²) in [5.74, 6) is 6.50. The molecule has 7 heteroatoms. The van der Waals surface area contributed by atoms with Gasteiger partial charge in [-0.3, -0.25) is 16.0 Å². The van der Waals surface area contributed by atoms with Crippen LogP contribution in [0.25, 0.3) is 0 Å². The molecule has 0 saturated heterocycles. The molecule has 1 heterocycles. The number of nitrogens with two attached hydrogens (primary N) is 1. The van der Waals surface area contributed by atoms with Crippen LogP contribution in [0, 0.1) is 6.92 Å². The molecule has 0 spiro atoms. The van der Waals surface area contributed by atoms with Crippen LogP contribution in [0.1, 0.15) is 23.0 Å². The molecule has 0 fully saturated rings. The summed E-state index contributed by atoms with van der Waals surface area (Å²) < 4.78 is 8.17. The molecule has 0 radical (unpaired) electrons. The molecule has 114 valence electrons. The second-order valence-electron chi connectivity index (χ2n) is 4.78. The molecule has 1 aromatic heterocycles. The molecule has 3 N–H and O–H groups in total. The first-order valence-electron chi connectivity index (χ1n) is 6.45. The summed E-state index contributed by atoms with van der Waals surface area (Å²) in [7, 11) is 3.51. The highest BCUT2D eigenvalue weighted by Gasteiger charge is 2.20. The molecule has 0 bridgehead atoms. The zero-order chi connectivity index (χ0) is 15.6. The smallest absolute Gasteiger partial charge is 0.124 e. The van der Waals surface area contributed by atoms with Crippen molar-refractivity contribution >= 4 is 27.5 Å². The third-order valence-electron chi connectivity index (χ3n) is 3.43. The molecule has 0 amide bonds. The first-order chi connectivity index (χ1) is 9.97. The van der Waals surface area contributed by atoms with E-state index in [1.165, 1.54) is 0 Å². The Balaban J connectivity index is 2.36. The van der Waals surface area contributed by atoms with Gasteiger partial charge in [0, 0.05) is 23.5 Å². The van der Waals surface area contributed by atoms with Gasteiger partial charge in [0.2, 0.25) is 0 Å². The molecule has 1 aromatic carbocycles. The Hall–Kier alpha value is -1.08. The van der Waals surface area contributed by atoms with Crippen LogP contribution in [-0.2, 0) is 13.5 Å². The van der Waals surface area contributed by atoms with E-state index in [0.717, 1.165) is 27.2 Å². The van der Waals surface area contributed by atoms with Gasteiger partial charge in [-0.25, -0.2) is 0 Å². The quantitative estimate of drug-likeness (QED) is 0.625. The standard InChI is InChI=1S/C14H18BrClN4O/c1-8-14(16)12(20(2)19-8)7-11(18-17)10-5-4-9(15)6-13(10)21-3/h4-6,11,18H,7,17H2,1-3H3. The summed E-state index contributed by atoms with van der Waals surface area (Å²) in [6.07, 6.45) is 0.616. The van der Waals surface area contributed by atoms with Crippen LogP contribution in [0.4, 0.5) is 0 Å². The molecule has 0 aliphatic rings. The second-order valence-corrected chi connectivity index (χ2v) is 6.07. The monoisotopic (exact) mass is 372 g/mol. The minimum atomic E-state index is -0.125. The van der Waals surface area contributed by atoms with Crippen molar-refractivity contribution in [1.82, 2.24) is 15.2 Å². The normalized spacial score (nSPS) is 12.5. The number of methoxy groups -OCH3 is 1. The molecule has 0 aliphatic heterocycles. The first kappa shape index (κ1) is 16.3. The number of ether oxygens (including phenoxy) is 1. The van der Waals surface area contributed by atoms with Gasteiger partial charge in [0.25, 0.3) is 0 Å². The van der Waals surface area contributed by atoms with Crippen LogP contribution in [0.3, 0.4) is 0 Å². The molecule has 0 aliphatic carbocycles. The maximum Gasteiger partial charge on any atom is 0.124 e. The highest BCUT2D eigenvalue weighted by atomic mass is 79.9. The van der Waals surface area contributed by atoms with E-state index >= 15 is 0 Å². The molecule has 1 unspecified atom stereocenters. The predicted molar refractivity (Wildman–Crippen MR) is 87.4 cm³/mol. The Morgan fingerprint density at radius 1 is 1.52 bits per heavy atom. The van der Waals surface area contributed by atoms with Crippen LogP contribution in [0.2, 0.25) is 5.02 Å². The lowest BCUT2D eigenvalue weighted by Gasteiger charge is -2.19. The molecular formula is C14H18BrClN4O. The Morgan fingerprint density at radius 3 is 2.76 bits per heavy atom. The van der Waals surface area contributed by atoms with Crippen LogP contribution >= 0.6 is 27.5 Å². The van der Waals surface area contributed by atoms with Crippen LogP contribution in [-0.4, -0.2) is 16.9 Å². The summed E-state index contributed by atoms with van der Waals surface area (Å²) in [4.78, 5) is 0. The van der Waals surface area contributed by atoms with E-state index in [-0.39, 0.29) is 6.04 Å². The van der Waals surface area contributed by atoms with Gasteiger partial charge < -0.3 is 4.74 Å². The number of halogens is 2. The summed E-state index contributed by atoms with van der Waals surface area (Å²) in [6.45, 7) is 1.89. The van der Waals surface area contributed by atoms with E-state index in [2.05, 4.69) is 26.5 Å². The third kappa shape index (κ3) is 3.40. The van der Waals surface area contributed by atoms with E-state index < -0.39 is 0 Å². The number of benzene rings is 1. The second kappa shape index (κ2) is 6.79. The molecule has 5 nitrogen and oxygen atoms in total. The van der Waals surface area contributed by atoms with E-state index in [1.54, 1.807) is 11.8 Å². The number of aryl methyl sites for hydroxylation is 2.